The number of aryl methyl sites for hydroxylation is 1. The third-order valence-corrected chi connectivity index (χ3v) is 5.01. The number of rotatable bonds is 1. The number of furan rings is 1. The summed E-state index contributed by atoms with van der Waals surface area (Å²) in [5.41, 5.74) is 1.24. The molecule has 3 heterocycles. The summed E-state index contributed by atoms with van der Waals surface area (Å²) in [4.78, 5) is 0. The minimum atomic E-state index is -0.0762. The van der Waals surface area contributed by atoms with Crippen LogP contribution in [0.5, 0.6) is 0 Å². The predicted molar refractivity (Wildman–Crippen MR) is 70.8 cm³/mol. The zero-order valence-electron chi connectivity index (χ0n) is 11.7. The number of hydrogen-bond acceptors (Lipinski definition) is 3. The van der Waals surface area contributed by atoms with Gasteiger partial charge < -0.3 is 13.9 Å². The molecule has 1 aromatic heterocycles. The SMILES string of the molecule is CC1=CC[C@@H]2[C@H]3O[C@H](c4ccc(C)o4)C[C@]2(C)O[C@@H]13. The van der Waals surface area contributed by atoms with Gasteiger partial charge in [0.2, 0.25) is 0 Å². The summed E-state index contributed by atoms with van der Waals surface area (Å²) >= 11 is 0. The number of hydrogen-bond donors (Lipinski definition) is 0. The van der Waals surface area contributed by atoms with Gasteiger partial charge in [0, 0.05) is 12.3 Å². The van der Waals surface area contributed by atoms with Gasteiger partial charge in [-0.2, -0.15) is 0 Å². The molecule has 0 saturated carbocycles. The lowest BCUT2D eigenvalue weighted by Crippen LogP contribution is -2.44. The first-order valence-electron chi connectivity index (χ1n) is 7.13. The van der Waals surface area contributed by atoms with Crippen LogP contribution in [0.25, 0.3) is 0 Å². The molecule has 3 nitrogen and oxygen atoms in total. The van der Waals surface area contributed by atoms with Crippen molar-refractivity contribution in [1.29, 1.82) is 0 Å². The molecule has 0 N–H and O–H groups in total. The zero-order chi connectivity index (χ0) is 13.2. The van der Waals surface area contributed by atoms with E-state index in [2.05, 4.69) is 19.9 Å². The van der Waals surface area contributed by atoms with E-state index in [0.29, 0.717) is 5.92 Å². The maximum Gasteiger partial charge on any atom is 0.133 e. The van der Waals surface area contributed by atoms with Crippen molar-refractivity contribution < 1.29 is 13.9 Å². The molecule has 19 heavy (non-hydrogen) atoms. The smallest absolute Gasteiger partial charge is 0.133 e. The molecule has 0 amide bonds. The first kappa shape index (κ1) is 11.7. The van der Waals surface area contributed by atoms with Gasteiger partial charge in [-0.1, -0.05) is 6.08 Å². The van der Waals surface area contributed by atoms with Gasteiger partial charge in [-0.3, -0.25) is 0 Å². The van der Waals surface area contributed by atoms with Crippen molar-refractivity contribution in [3.05, 3.63) is 35.3 Å². The van der Waals surface area contributed by atoms with Crippen LogP contribution in [0.2, 0.25) is 0 Å². The van der Waals surface area contributed by atoms with Crippen molar-refractivity contribution in [3.63, 3.8) is 0 Å². The molecule has 4 rings (SSSR count). The van der Waals surface area contributed by atoms with Crippen LogP contribution >= 0.6 is 0 Å². The molecule has 0 unspecified atom stereocenters. The maximum atomic E-state index is 6.33. The third kappa shape index (κ3) is 1.58. The van der Waals surface area contributed by atoms with Gasteiger partial charge in [0.1, 0.15) is 23.7 Å². The summed E-state index contributed by atoms with van der Waals surface area (Å²) < 4.78 is 18.4. The van der Waals surface area contributed by atoms with Crippen LogP contribution < -0.4 is 0 Å². The molecule has 3 heteroatoms. The lowest BCUT2D eigenvalue weighted by molar-refractivity contribution is -0.111. The van der Waals surface area contributed by atoms with Crippen molar-refractivity contribution >= 4 is 0 Å². The van der Waals surface area contributed by atoms with Crippen molar-refractivity contribution in [2.75, 3.05) is 0 Å². The Labute approximate surface area is 113 Å². The Morgan fingerprint density at radius 3 is 2.84 bits per heavy atom. The summed E-state index contributed by atoms with van der Waals surface area (Å²) in [6.45, 7) is 6.36. The quantitative estimate of drug-likeness (QED) is 0.724. The van der Waals surface area contributed by atoms with Crippen LogP contribution in [0, 0.1) is 12.8 Å². The Hall–Kier alpha value is -1.06. The average Bonchev–Trinajstić information content (AvgIpc) is 2.80. The molecule has 1 aliphatic carbocycles. The van der Waals surface area contributed by atoms with E-state index in [1.807, 2.05) is 19.1 Å². The molecule has 0 radical (unpaired) electrons. The Kier molecular flexibility index (Phi) is 2.31. The van der Waals surface area contributed by atoms with Crippen LogP contribution in [0.3, 0.4) is 0 Å². The van der Waals surface area contributed by atoms with Gasteiger partial charge in [-0.25, -0.2) is 0 Å². The van der Waals surface area contributed by atoms with Crippen LogP contribution in [-0.2, 0) is 9.47 Å². The second kappa shape index (κ2) is 3.74. The zero-order valence-corrected chi connectivity index (χ0v) is 11.7. The monoisotopic (exact) mass is 260 g/mol. The minimum Gasteiger partial charge on any atom is -0.464 e. The second-order valence-electron chi connectivity index (χ2n) is 6.38. The van der Waals surface area contributed by atoms with Crippen molar-refractivity contribution in [3.8, 4) is 0 Å². The highest BCUT2D eigenvalue weighted by Crippen LogP contribution is 2.55. The van der Waals surface area contributed by atoms with Gasteiger partial charge >= 0.3 is 0 Å². The maximum absolute atomic E-state index is 6.33. The topological polar surface area (TPSA) is 31.6 Å². The minimum absolute atomic E-state index is 0.0378. The van der Waals surface area contributed by atoms with E-state index >= 15 is 0 Å². The molecule has 2 saturated heterocycles. The Bertz CT molecular complexity index is 544. The molecule has 4 bridgehead atoms. The Balaban J connectivity index is 1.68. The summed E-state index contributed by atoms with van der Waals surface area (Å²) in [5.74, 6) is 2.38. The highest BCUT2D eigenvalue weighted by atomic mass is 16.6. The highest BCUT2D eigenvalue weighted by molar-refractivity contribution is 5.24. The van der Waals surface area contributed by atoms with Gasteiger partial charge in [-0.05, 0) is 44.9 Å². The molecule has 2 fully saturated rings. The fraction of sp³-hybridized carbons (Fsp3) is 0.625. The Morgan fingerprint density at radius 2 is 2.11 bits per heavy atom. The van der Waals surface area contributed by atoms with Crippen LogP contribution in [0.15, 0.2) is 28.2 Å². The second-order valence-corrected chi connectivity index (χ2v) is 6.38. The fourth-order valence-electron chi connectivity index (χ4n) is 3.93. The predicted octanol–water partition coefficient (Wildman–Crippen LogP) is 3.54. The van der Waals surface area contributed by atoms with E-state index in [1.165, 1.54) is 5.57 Å². The van der Waals surface area contributed by atoms with Crippen LogP contribution in [0.1, 0.15) is 44.3 Å². The van der Waals surface area contributed by atoms with Gasteiger partial charge in [0.25, 0.3) is 0 Å². The number of allylic oxidation sites excluding steroid dienone is 1. The van der Waals surface area contributed by atoms with E-state index in [9.17, 15) is 0 Å². The van der Waals surface area contributed by atoms with Gasteiger partial charge in [-0.15, -0.1) is 0 Å². The fourth-order valence-corrected chi connectivity index (χ4v) is 3.93. The highest BCUT2D eigenvalue weighted by Gasteiger charge is 2.59. The largest absolute Gasteiger partial charge is 0.464 e. The summed E-state index contributed by atoms with van der Waals surface area (Å²) in [7, 11) is 0. The van der Waals surface area contributed by atoms with E-state index < -0.39 is 0 Å². The molecule has 3 aliphatic rings. The van der Waals surface area contributed by atoms with Crippen molar-refractivity contribution in [2.24, 2.45) is 5.92 Å². The normalized spacial score (nSPS) is 44.3. The Morgan fingerprint density at radius 1 is 1.26 bits per heavy atom. The molecule has 2 aliphatic heterocycles. The lowest BCUT2D eigenvalue weighted by atomic mass is 9.74. The van der Waals surface area contributed by atoms with Crippen LogP contribution in [-0.4, -0.2) is 17.8 Å². The summed E-state index contributed by atoms with van der Waals surface area (Å²) in [6.07, 6.45) is 4.66. The van der Waals surface area contributed by atoms with E-state index in [-0.39, 0.29) is 23.9 Å². The lowest BCUT2D eigenvalue weighted by Gasteiger charge is -2.40. The first-order chi connectivity index (χ1) is 9.07. The molecule has 1 aromatic rings. The number of ether oxygens (including phenoxy) is 2. The summed E-state index contributed by atoms with van der Waals surface area (Å²) in [5, 5.41) is 0. The standard InChI is InChI=1S/C16H20O3/c1-9-4-6-11-15-14(9)19-16(11,3)8-13(18-15)12-7-5-10(2)17-12/h4-5,7,11,13-15H,6,8H2,1-3H3/t11-,13+,14+,15-,16+/m1/s1. The van der Waals surface area contributed by atoms with E-state index in [0.717, 1.165) is 24.4 Å². The molecular formula is C16H20O3. The third-order valence-electron chi connectivity index (χ3n) is 5.01. The molecule has 0 spiro atoms. The van der Waals surface area contributed by atoms with Crippen molar-refractivity contribution in [2.45, 2.75) is 57.5 Å². The molecular weight excluding hydrogens is 240 g/mol. The average molecular weight is 260 g/mol. The molecule has 0 aromatic carbocycles. The van der Waals surface area contributed by atoms with Crippen LogP contribution in [0.4, 0.5) is 0 Å². The first-order valence-corrected chi connectivity index (χ1v) is 7.13. The molecule has 5 atom stereocenters. The van der Waals surface area contributed by atoms with E-state index in [4.69, 9.17) is 13.9 Å². The van der Waals surface area contributed by atoms with Gasteiger partial charge in [0.05, 0.1) is 11.7 Å². The molecule has 102 valence electrons. The summed E-state index contributed by atoms with van der Waals surface area (Å²) in [6, 6.07) is 4.04. The van der Waals surface area contributed by atoms with Gasteiger partial charge in [0.15, 0.2) is 0 Å². The van der Waals surface area contributed by atoms with E-state index in [1.54, 1.807) is 0 Å². The van der Waals surface area contributed by atoms with Crippen molar-refractivity contribution in [1.82, 2.24) is 0 Å².